The van der Waals surface area contributed by atoms with Gasteiger partial charge in [0.1, 0.15) is 0 Å². The second-order valence-electron chi connectivity index (χ2n) is 4.06. The van der Waals surface area contributed by atoms with Gasteiger partial charge in [-0.2, -0.15) is 0 Å². The smallest absolute Gasteiger partial charge is 0.163 e. The van der Waals surface area contributed by atoms with Crippen molar-refractivity contribution in [3.63, 3.8) is 0 Å². The maximum Gasteiger partial charge on any atom is 0.163 e. The first-order valence-corrected chi connectivity index (χ1v) is 6.85. The molecule has 0 heterocycles. The van der Waals surface area contributed by atoms with Crippen LogP contribution < -0.4 is 0 Å². The summed E-state index contributed by atoms with van der Waals surface area (Å²) in [6.45, 7) is 0. The van der Waals surface area contributed by atoms with Gasteiger partial charge in [-0.3, -0.25) is 4.79 Å². The van der Waals surface area contributed by atoms with Crippen molar-refractivity contribution in [3.05, 3.63) is 69.2 Å². The molecule has 0 aliphatic rings. The lowest BCUT2D eigenvalue weighted by Crippen LogP contribution is -2.00. The third kappa shape index (κ3) is 3.69. The van der Waals surface area contributed by atoms with E-state index in [-0.39, 0.29) is 5.78 Å². The first-order valence-electron chi connectivity index (χ1n) is 5.68. The molecule has 0 amide bonds. The molecule has 0 fully saturated rings. The Morgan fingerprint density at radius 3 is 2.50 bits per heavy atom. The van der Waals surface area contributed by atoms with E-state index in [9.17, 15) is 4.79 Å². The van der Waals surface area contributed by atoms with Crippen LogP contribution in [0.5, 0.6) is 0 Å². The number of rotatable bonds is 4. The molecule has 0 radical (unpaired) electrons. The molecule has 2 aromatic carbocycles. The largest absolute Gasteiger partial charge is 0.294 e. The van der Waals surface area contributed by atoms with Crippen molar-refractivity contribution in [3.8, 4) is 0 Å². The first kappa shape index (κ1) is 13.3. The minimum Gasteiger partial charge on any atom is -0.294 e. The van der Waals surface area contributed by atoms with E-state index in [0.29, 0.717) is 11.4 Å². The minimum absolute atomic E-state index is 0.145. The lowest BCUT2D eigenvalue weighted by Gasteiger charge is -2.02. The van der Waals surface area contributed by atoms with Gasteiger partial charge < -0.3 is 0 Å². The highest BCUT2D eigenvalue weighted by atomic mass is 79.9. The Hall–Kier alpha value is -1.12. The van der Waals surface area contributed by atoms with E-state index in [1.165, 1.54) is 0 Å². The summed E-state index contributed by atoms with van der Waals surface area (Å²) in [6, 6.07) is 15.0. The highest BCUT2D eigenvalue weighted by Gasteiger charge is 2.06. The fourth-order valence-electron chi connectivity index (χ4n) is 1.73. The molecule has 2 rings (SSSR count). The summed E-state index contributed by atoms with van der Waals surface area (Å²) in [7, 11) is 0. The summed E-state index contributed by atoms with van der Waals surface area (Å²) in [5, 5.41) is 0.651. The number of Topliss-reactive ketones (excluding diaryl/α,β-unsaturated/α-hetero) is 1. The zero-order chi connectivity index (χ0) is 13.0. The Morgan fingerprint density at radius 1 is 1.11 bits per heavy atom. The average molecular weight is 324 g/mol. The summed E-state index contributed by atoms with van der Waals surface area (Å²) in [5.74, 6) is 0.145. The maximum absolute atomic E-state index is 12.0. The average Bonchev–Trinajstić information content (AvgIpc) is 2.37. The van der Waals surface area contributed by atoms with Gasteiger partial charge in [0.2, 0.25) is 0 Å². The van der Waals surface area contributed by atoms with E-state index < -0.39 is 0 Å². The number of halogens is 2. The fraction of sp³-hybridized carbons (Fsp3) is 0.133. The van der Waals surface area contributed by atoms with Gasteiger partial charge in [0.25, 0.3) is 0 Å². The predicted octanol–water partition coefficient (Wildman–Crippen LogP) is 4.92. The maximum atomic E-state index is 12.0. The number of aryl methyl sites for hydroxylation is 1. The van der Waals surface area contributed by atoms with Gasteiger partial charge in [0, 0.05) is 21.5 Å². The lowest BCUT2D eigenvalue weighted by molar-refractivity contribution is 0.0983. The van der Waals surface area contributed by atoms with Crippen LogP contribution in [0.2, 0.25) is 5.02 Å². The molecule has 0 atom stereocenters. The Balaban J connectivity index is 1.98. The zero-order valence-electron chi connectivity index (χ0n) is 9.70. The number of hydrogen-bond acceptors (Lipinski definition) is 1. The minimum atomic E-state index is 0.145. The summed E-state index contributed by atoms with van der Waals surface area (Å²) in [5.41, 5.74) is 1.88. The monoisotopic (exact) mass is 322 g/mol. The molecule has 0 aliphatic heterocycles. The Bertz CT molecular complexity index is 549. The van der Waals surface area contributed by atoms with Crippen molar-refractivity contribution in [2.75, 3.05) is 0 Å². The molecule has 3 heteroatoms. The SMILES string of the molecule is O=C(CCc1cccc(Br)c1)c1ccc(Cl)cc1. The van der Waals surface area contributed by atoms with Crippen molar-refractivity contribution in [1.29, 1.82) is 0 Å². The van der Waals surface area contributed by atoms with Gasteiger partial charge >= 0.3 is 0 Å². The molecule has 92 valence electrons. The molecule has 0 bridgehead atoms. The molecule has 0 aromatic heterocycles. The molecular formula is C15H12BrClO. The summed E-state index contributed by atoms with van der Waals surface area (Å²) >= 11 is 9.21. The van der Waals surface area contributed by atoms with Gasteiger partial charge in [0.05, 0.1) is 0 Å². The number of carbonyl (C=O) groups is 1. The first-order chi connectivity index (χ1) is 8.65. The van der Waals surface area contributed by atoms with Crippen LogP contribution in [0, 0.1) is 0 Å². The van der Waals surface area contributed by atoms with Gasteiger partial charge in [-0.05, 0) is 48.4 Å². The Labute approximate surface area is 120 Å². The molecule has 2 aromatic rings. The second-order valence-corrected chi connectivity index (χ2v) is 5.41. The summed E-state index contributed by atoms with van der Waals surface area (Å²) in [4.78, 5) is 12.0. The topological polar surface area (TPSA) is 17.1 Å². The third-order valence-corrected chi connectivity index (χ3v) is 3.44. The van der Waals surface area contributed by atoms with Gasteiger partial charge in [-0.25, -0.2) is 0 Å². The van der Waals surface area contributed by atoms with Gasteiger partial charge in [-0.1, -0.05) is 39.7 Å². The van der Waals surface area contributed by atoms with E-state index >= 15 is 0 Å². The van der Waals surface area contributed by atoms with Crippen LogP contribution in [0.1, 0.15) is 22.3 Å². The van der Waals surface area contributed by atoms with Crippen LogP contribution in [0.25, 0.3) is 0 Å². The number of benzene rings is 2. The van der Waals surface area contributed by atoms with Gasteiger partial charge in [-0.15, -0.1) is 0 Å². The van der Waals surface area contributed by atoms with Crippen molar-refractivity contribution >= 4 is 33.3 Å². The molecule has 0 saturated heterocycles. The molecule has 0 spiro atoms. The highest BCUT2D eigenvalue weighted by Crippen LogP contribution is 2.15. The molecule has 0 aliphatic carbocycles. The van der Waals surface area contributed by atoms with E-state index in [2.05, 4.69) is 15.9 Å². The van der Waals surface area contributed by atoms with Crippen molar-refractivity contribution < 1.29 is 4.79 Å². The number of carbonyl (C=O) groups excluding carboxylic acids is 1. The lowest BCUT2D eigenvalue weighted by atomic mass is 10.0. The number of ketones is 1. The van der Waals surface area contributed by atoms with Crippen LogP contribution in [-0.4, -0.2) is 5.78 Å². The van der Waals surface area contributed by atoms with Crippen LogP contribution in [0.15, 0.2) is 53.0 Å². The summed E-state index contributed by atoms with van der Waals surface area (Å²) < 4.78 is 1.04. The van der Waals surface area contributed by atoms with E-state index in [4.69, 9.17) is 11.6 Å². The fourth-order valence-corrected chi connectivity index (χ4v) is 2.30. The van der Waals surface area contributed by atoms with Crippen LogP contribution in [0.4, 0.5) is 0 Å². The molecular weight excluding hydrogens is 312 g/mol. The predicted molar refractivity (Wildman–Crippen MR) is 78.2 cm³/mol. The standard InChI is InChI=1S/C15H12BrClO/c16-13-3-1-2-11(10-13)4-9-15(18)12-5-7-14(17)8-6-12/h1-3,5-8,10H,4,9H2. The second kappa shape index (κ2) is 6.17. The normalized spacial score (nSPS) is 10.3. The zero-order valence-corrected chi connectivity index (χ0v) is 12.0. The van der Waals surface area contributed by atoms with Crippen molar-refractivity contribution in [2.45, 2.75) is 12.8 Å². The van der Waals surface area contributed by atoms with Crippen LogP contribution in [-0.2, 0) is 6.42 Å². The third-order valence-electron chi connectivity index (χ3n) is 2.70. The van der Waals surface area contributed by atoms with E-state index in [0.717, 1.165) is 22.0 Å². The molecule has 1 nitrogen and oxygen atoms in total. The Morgan fingerprint density at radius 2 is 1.83 bits per heavy atom. The van der Waals surface area contributed by atoms with Crippen molar-refractivity contribution in [2.24, 2.45) is 0 Å². The van der Waals surface area contributed by atoms with Gasteiger partial charge in [0.15, 0.2) is 5.78 Å². The quantitative estimate of drug-likeness (QED) is 0.730. The number of hydrogen-bond donors (Lipinski definition) is 0. The molecule has 0 saturated carbocycles. The molecule has 18 heavy (non-hydrogen) atoms. The van der Waals surface area contributed by atoms with E-state index in [1.54, 1.807) is 24.3 Å². The van der Waals surface area contributed by atoms with Crippen LogP contribution in [0.3, 0.4) is 0 Å². The molecule has 0 N–H and O–H groups in total. The van der Waals surface area contributed by atoms with E-state index in [1.807, 2.05) is 24.3 Å². The summed E-state index contributed by atoms with van der Waals surface area (Å²) in [6.07, 6.45) is 1.26. The van der Waals surface area contributed by atoms with Crippen LogP contribution >= 0.6 is 27.5 Å². The highest BCUT2D eigenvalue weighted by molar-refractivity contribution is 9.10. The molecule has 0 unspecified atom stereocenters. The Kier molecular flexibility index (Phi) is 4.56. The van der Waals surface area contributed by atoms with Crippen molar-refractivity contribution in [1.82, 2.24) is 0 Å².